The van der Waals surface area contributed by atoms with E-state index in [2.05, 4.69) is 79.6 Å². The summed E-state index contributed by atoms with van der Waals surface area (Å²) in [5, 5.41) is 13.0. The van der Waals surface area contributed by atoms with Crippen molar-refractivity contribution >= 4 is 37.5 Å². The van der Waals surface area contributed by atoms with E-state index in [9.17, 15) is 5.26 Å². The minimum atomic E-state index is -0.488. The summed E-state index contributed by atoms with van der Waals surface area (Å²) < 4.78 is 2.07. The van der Waals surface area contributed by atoms with Crippen LogP contribution in [0.1, 0.15) is 24.0 Å². The maximum Gasteiger partial charge on any atom is 0.0889 e. The van der Waals surface area contributed by atoms with Crippen molar-refractivity contribution in [3.8, 4) is 6.07 Å². The molecule has 130 valence electrons. The highest BCUT2D eigenvalue weighted by atomic mass is 79.9. The summed E-state index contributed by atoms with van der Waals surface area (Å²) in [6.07, 6.45) is 1.12. The molecule has 26 heavy (non-hydrogen) atoms. The maximum atomic E-state index is 9.28. The highest BCUT2D eigenvalue weighted by Gasteiger charge is 2.34. The topological polar surface area (TPSA) is 35.8 Å². The Kier molecular flexibility index (Phi) is 6.13. The van der Waals surface area contributed by atoms with Gasteiger partial charge in [-0.1, -0.05) is 74.3 Å². The van der Waals surface area contributed by atoms with Gasteiger partial charge in [-0.2, -0.15) is 5.26 Å². The van der Waals surface area contributed by atoms with Crippen molar-refractivity contribution < 1.29 is 0 Å². The lowest BCUT2D eigenvalue weighted by molar-refractivity contribution is 0.544. The van der Waals surface area contributed by atoms with Crippen molar-refractivity contribution in [3.63, 3.8) is 0 Å². The van der Waals surface area contributed by atoms with Crippen LogP contribution in [0.3, 0.4) is 0 Å². The molecule has 3 rings (SSSR count). The predicted molar refractivity (Wildman–Crippen MR) is 114 cm³/mol. The summed E-state index contributed by atoms with van der Waals surface area (Å²) >= 11 is 7.04. The van der Waals surface area contributed by atoms with E-state index in [4.69, 9.17) is 0 Å². The number of para-hydroxylation sites is 1. The normalized spacial score (nSPS) is 11.0. The number of anilines is 1. The van der Waals surface area contributed by atoms with Crippen LogP contribution in [0.15, 0.2) is 87.8 Å². The molecular weight excluding hydrogens is 452 g/mol. The van der Waals surface area contributed by atoms with E-state index in [1.165, 1.54) is 0 Å². The Balaban J connectivity index is 2.17. The molecule has 1 N–H and O–H groups in total. The van der Waals surface area contributed by atoms with E-state index in [1.54, 1.807) is 0 Å². The van der Waals surface area contributed by atoms with E-state index in [1.807, 2.05) is 42.5 Å². The third-order valence-electron chi connectivity index (χ3n) is 4.42. The molecule has 0 spiro atoms. The SMILES string of the molecule is N#CCCC(Nc1ccccc1)(c1ccc(Br)cc1)c1ccc(Br)cc1. The highest BCUT2D eigenvalue weighted by Crippen LogP contribution is 2.38. The molecule has 0 amide bonds. The average Bonchev–Trinajstić information content (AvgIpc) is 2.67. The molecule has 0 aliphatic heterocycles. The van der Waals surface area contributed by atoms with Crippen molar-refractivity contribution in [1.29, 1.82) is 5.26 Å². The molecule has 0 radical (unpaired) electrons. The molecule has 0 atom stereocenters. The molecule has 0 bridgehead atoms. The summed E-state index contributed by atoms with van der Waals surface area (Å²) in [6, 6.07) is 29.1. The predicted octanol–water partition coefficient (Wildman–Crippen LogP) is 6.87. The van der Waals surface area contributed by atoms with Crippen LogP contribution in [0.25, 0.3) is 0 Å². The largest absolute Gasteiger partial charge is 0.372 e. The minimum absolute atomic E-state index is 0.450. The van der Waals surface area contributed by atoms with E-state index >= 15 is 0 Å². The van der Waals surface area contributed by atoms with Crippen molar-refractivity contribution in [2.24, 2.45) is 0 Å². The summed E-state index contributed by atoms with van der Waals surface area (Å²) in [5.74, 6) is 0. The van der Waals surface area contributed by atoms with Crippen LogP contribution >= 0.6 is 31.9 Å². The van der Waals surface area contributed by atoms with Gasteiger partial charge in [0.15, 0.2) is 0 Å². The zero-order valence-corrected chi connectivity index (χ0v) is 17.3. The Morgan fingerprint density at radius 1 is 0.769 bits per heavy atom. The van der Waals surface area contributed by atoms with Crippen LogP contribution in [0.5, 0.6) is 0 Å². The van der Waals surface area contributed by atoms with Crippen LogP contribution in [0.2, 0.25) is 0 Å². The number of benzene rings is 3. The van der Waals surface area contributed by atoms with E-state index < -0.39 is 5.54 Å². The van der Waals surface area contributed by atoms with Gasteiger partial charge in [0, 0.05) is 21.1 Å². The van der Waals surface area contributed by atoms with Crippen LogP contribution in [0, 0.1) is 11.3 Å². The lowest BCUT2D eigenvalue weighted by Gasteiger charge is -2.37. The number of rotatable bonds is 6. The summed E-state index contributed by atoms with van der Waals surface area (Å²) in [7, 11) is 0. The van der Waals surface area contributed by atoms with Crippen LogP contribution in [-0.2, 0) is 5.54 Å². The monoisotopic (exact) mass is 468 g/mol. The molecule has 0 aliphatic rings. The van der Waals surface area contributed by atoms with Crippen LogP contribution in [-0.4, -0.2) is 0 Å². The molecule has 0 aromatic heterocycles. The Bertz CT molecular complexity index is 837. The van der Waals surface area contributed by atoms with E-state index in [-0.39, 0.29) is 0 Å². The molecule has 0 unspecified atom stereocenters. The average molecular weight is 470 g/mol. The summed E-state index contributed by atoms with van der Waals surface area (Å²) in [4.78, 5) is 0. The number of nitrogens with one attached hydrogen (secondary N) is 1. The van der Waals surface area contributed by atoms with Crippen LogP contribution in [0.4, 0.5) is 5.69 Å². The number of nitrogens with zero attached hydrogens (tertiary/aromatic N) is 1. The van der Waals surface area contributed by atoms with Gasteiger partial charge in [-0.05, 0) is 53.9 Å². The molecule has 0 saturated heterocycles. The van der Waals surface area contributed by atoms with Crippen molar-refractivity contribution in [2.45, 2.75) is 18.4 Å². The summed E-state index contributed by atoms with van der Waals surface area (Å²) in [6.45, 7) is 0. The number of hydrogen-bond donors (Lipinski definition) is 1. The maximum absolute atomic E-state index is 9.28. The van der Waals surface area contributed by atoms with Gasteiger partial charge in [-0.3, -0.25) is 0 Å². The zero-order valence-electron chi connectivity index (χ0n) is 14.1. The van der Waals surface area contributed by atoms with Crippen molar-refractivity contribution in [2.75, 3.05) is 5.32 Å². The zero-order chi connectivity index (χ0) is 18.4. The molecule has 0 saturated carbocycles. The summed E-state index contributed by atoms with van der Waals surface area (Å²) in [5.41, 5.74) is 2.79. The fraction of sp³-hybridized carbons (Fsp3) is 0.136. The fourth-order valence-corrected chi connectivity index (χ4v) is 3.67. The molecule has 0 heterocycles. The molecule has 3 aromatic carbocycles. The molecule has 0 fully saturated rings. The second-order valence-corrected chi connectivity index (χ2v) is 7.90. The second kappa shape index (κ2) is 8.53. The standard InChI is InChI=1S/C22H18Br2N2/c23-19-11-7-17(8-12-19)22(15-4-16-25,18-9-13-20(24)14-10-18)26-21-5-2-1-3-6-21/h1-3,5-14,26H,4,15H2. The Labute approximate surface area is 171 Å². The highest BCUT2D eigenvalue weighted by molar-refractivity contribution is 9.10. The van der Waals surface area contributed by atoms with Gasteiger partial charge in [0.05, 0.1) is 11.6 Å². The van der Waals surface area contributed by atoms with Gasteiger partial charge >= 0.3 is 0 Å². The molecule has 2 nitrogen and oxygen atoms in total. The molecular formula is C22H18Br2N2. The van der Waals surface area contributed by atoms with Gasteiger partial charge in [-0.15, -0.1) is 0 Å². The van der Waals surface area contributed by atoms with Crippen molar-refractivity contribution in [1.82, 2.24) is 0 Å². The smallest absolute Gasteiger partial charge is 0.0889 e. The van der Waals surface area contributed by atoms with Gasteiger partial charge in [0.25, 0.3) is 0 Å². The lowest BCUT2D eigenvalue weighted by Crippen LogP contribution is -2.36. The van der Waals surface area contributed by atoms with Gasteiger partial charge in [0.2, 0.25) is 0 Å². The fourth-order valence-electron chi connectivity index (χ4n) is 3.14. The third kappa shape index (κ3) is 4.17. The first kappa shape index (κ1) is 18.7. The van der Waals surface area contributed by atoms with E-state index in [0.29, 0.717) is 12.8 Å². The first-order chi connectivity index (χ1) is 12.6. The Morgan fingerprint density at radius 2 is 1.27 bits per heavy atom. The first-order valence-electron chi connectivity index (χ1n) is 8.36. The van der Waals surface area contributed by atoms with Crippen LogP contribution < -0.4 is 5.32 Å². The molecule has 4 heteroatoms. The Hall–Kier alpha value is -2.09. The number of nitriles is 1. The Morgan fingerprint density at radius 3 is 1.73 bits per heavy atom. The molecule has 0 aliphatic carbocycles. The van der Waals surface area contributed by atoms with E-state index in [0.717, 1.165) is 25.8 Å². The number of hydrogen-bond acceptors (Lipinski definition) is 2. The number of halogens is 2. The van der Waals surface area contributed by atoms with Gasteiger partial charge in [-0.25, -0.2) is 0 Å². The van der Waals surface area contributed by atoms with Gasteiger partial charge in [0.1, 0.15) is 0 Å². The van der Waals surface area contributed by atoms with Crippen molar-refractivity contribution in [3.05, 3.63) is 98.9 Å². The second-order valence-electron chi connectivity index (χ2n) is 6.07. The lowest BCUT2D eigenvalue weighted by atomic mass is 9.79. The quantitative estimate of drug-likeness (QED) is 0.427. The first-order valence-corrected chi connectivity index (χ1v) is 9.95. The van der Waals surface area contributed by atoms with Gasteiger partial charge < -0.3 is 5.32 Å². The molecule has 3 aromatic rings. The minimum Gasteiger partial charge on any atom is -0.372 e. The third-order valence-corrected chi connectivity index (χ3v) is 5.47.